The molecule has 0 unspecified atom stereocenters. The molecular weight excluding hydrogens is 439 g/mol. The third-order valence-corrected chi connectivity index (χ3v) is 5.81. The molecule has 0 amide bonds. The molecule has 0 saturated heterocycles. The number of unbranched alkanes of at least 4 members (excludes halogenated alkanes) is 1. The summed E-state index contributed by atoms with van der Waals surface area (Å²) in [5, 5.41) is 0. The predicted molar refractivity (Wildman–Crippen MR) is 118 cm³/mol. The summed E-state index contributed by atoms with van der Waals surface area (Å²) in [6.07, 6.45) is -0.524. The molecule has 0 fully saturated rings. The number of alkyl halides is 3. The van der Waals surface area contributed by atoms with Crippen LogP contribution in [0.2, 0.25) is 0 Å². The number of benzene rings is 3. The first-order valence-corrected chi connectivity index (χ1v) is 11.3. The molecule has 0 saturated carbocycles. The third-order valence-electron chi connectivity index (χ3n) is 4.41. The Hall–Kier alpha value is -3.26. The van der Waals surface area contributed by atoms with Crippen molar-refractivity contribution in [1.82, 2.24) is 0 Å². The van der Waals surface area contributed by atoms with Crippen LogP contribution in [-0.2, 0) is 16.2 Å². The Bertz CT molecular complexity index is 1150. The summed E-state index contributed by atoms with van der Waals surface area (Å²) in [6.45, 7) is 0.397. The average molecular weight is 460 g/mol. The van der Waals surface area contributed by atoms with E-state index in [1.54, 1.807) is 36.4 Å². The average Bonchev–Trinajstić information content (AvgIpc) is 2.76. The monoisotopic (exact) mass is 460 g/mol. The second kappa shape index (κ2) is 10.4. The maximum absolute atomic E-state index is 13.4. The van der Waals surface area contributed by atoms with Crippen LogP contribution in [0.5, 0.6) is 5.75 Å². The lowest BCUT2D eigenvalue weighted by molar-refractivity contribution is -0.137. The predicted octanol–water partition coefficient (Wildman–Crippen LogP) is 6.18. The fourth-order valence-electron chi connectivity index (χ4n) is 2.90. The number of hydrogen-bond donors (Lipinski definition) is 1. The highest BCUT2D eigenvalue weighted by Crippen LogP contribution is 2.34. The quantitative estimate of drug-likeness (QED) is 0.388. The summed E-state index contributed by atoms with van der Waals surface area (Å²) in [6, 6.07) is 20.8. The minimum absolute atomic E-state index is 0.0210. The number of ether oxygens (including phenoxy) is 1. The Balaban J connectivity index is 1.69. The molecule has 0 aliphatic heterocycles. The van der Waals surface area contributed by atoms with Crippen LogP contribution >= 0.6 is 0 Å². The van der Waals surface area contributed by atoms with Gasteiger partial charge in [-0.25, -0.2) is 8.42 Å². The second-order valence-electron chi connectivity index (χ2n) is 6.84. The zero-order valence-electron chi connectivity index (χ0n) is 17.0. The summed E-state index contributed by atoms with van der Waals surface area (Å²) in [5.41, 5.74) is -0.918. The Morgan fingerprint density at radius 1 is 1.00 bits per heavy atom. The van der Waals surface area contributed by atoms with Crippen molar-refractivity contribution < 1.29 is 26.3 Å². The van der Waals surface area contributed by atoms with E-state index >= 15 is 0 Å². The van der Waals surface area contributed by atoms with Crippen LogP contribution in [0.25, 0.3) is 6.08 Å². The number of allylic oxidation sites excluding steroid dienone is 1. The highest BCUT2D eigenvalue weighted by molar-refractivity contribution is 7.92. The van der Waals surface area contributed by atoms with Gasteiger partial charge in [0, 0.05) is 11.8 Å². The van der Waals surface area contributed by atoms with Gasteiger partial charge < -0.3 is 4.74 Å². The van der Waals surface area contributed by atoms with E-state index in [-0.39, 0.29) is 16.1 Å². The van der Waals surface area contributed by atoms with Crippen LogP contribution in [0, 0.1) is 6.07 Å². The molecule has 3 aromatic carbocycles. The molecule has 1 radical (unpaired) electrons. The molecule has 0 bridgehead atoms. The lowest BCUT2D eigenvalue weighted by atomic mass is 10.0. The fraction of sp³-hybridized carbons (Fsp3) is 0.167. The first-order valence-electron chi connectivity index (χ1n) is 9.81. The van der Waals surface area contributed by atoms with Crippen LogP contribution in [0.3, 0.4) is 0 Å². The van der Waals surface area contributed by atoms with Crippen LogP contribution in [0.15, 0.2) is 83.8 Å². The third kappa shape index (κ3) is 6.62. The maximum atomic E-state index is 13.4. The highest BCUT2D eigenvalue weighted by atomic mass is 32.2. The summed E-state index contributed by atoms with van der Waals surface area (Å²) in [4.78, 5) is 0.0210. The Kier molecular flexibility index (Phi) is 7.58. The molecule has 3 aromatic rings. The van der Waals surface area contributed by atoms with Gasteiger partial charge in [0.15, 0.2) is 0 Å². The SMILES string of the molecule is O=S(=O)(Nc1ccc(C(F)(F)F)c(/C=C/CCCOc2[c]cccc2)c1)c1ccccc1. The number of para-hydroxylation sites is 1. The van der Waals surface area contributed by atoms with E-state index in [4.69, 9.17) is 4.74 Å². The van der Waals surface area contributed by atoms with Crippen LogP contribution in [0.4, 0.5) is 18.9 Å². The van der Waals surface area contributed by atoms with Crippen LogP contribution in [0.1, 0.15) is 24.0 Å². The molecule has 3 rings (SSSR count). The first-order chi connectivity index (χ1) is 15.3. The Labute approximate surface area is 185 Å². The number of sulfonamides is 1. The molecule has 0 aliphatic rings. The van der Waals surface area contributed by atoms with E-state index in [0.29, 0.717) is 25.2 Å². The molecule has 32 heavy (non-hydrogen) atoms. The minimum atomic E-state index is -4.57. The maximum Gasteiger partial charge on any atom is 0.416 e. The molecule has 0 atom stereocenters. The van der Waals surface area contributed by atoms with E-state index in [9.17, 15) is 21.6 Å². The smallest absolute Gasteiger partial charge is 0.416 e. The highest BCUT2D eigenvalue weighted by Gasteiger charge is 2.33. The Morgan fingerprint density at radius 3 is 2.44 bits per heavy atom. The molecule has 0 heterocycles. The van der Waals surface area contributed by atoms with Gasteiger partial charge in [0.1, 0.15) is 5.75 Å². The van der Waals surface area contributed by atoms with Gasteiger partial charge in [-0.3, -0.25) is 4.72 Å². The molecule has 8 heteroatoms. The minimum Gasteiger partial charge on any atom is -0.493 e. The molecule has 0 aromatic heterocycles. The van der Waals surface area contributed by atoms with Crippen molar-refractivity contribution in [2.24, 2.45) is 0 Å². The molecule has 0 aliphatic carbocycles. The van der Waals surface area contributed by atoms with E-state index in [1.165, 1.54) is 24.3 Å². The van der Waals surface area contributed by atoms with Gasteiger partial charge in [0.2, 0.25) is 0 Å². The van der Waals surface area contributed by atoms with Crippen molar-refractivity contribution >= 4 is 21.8 Å². The number of halogens is 3. The van der Waals surface area contributed by atoms with E-state index in [2.05, 4.69) is 10.8 Å². The van der Waals surface area contributed by atoms with Crippen LogP contribution < -0.4 is 9.46 Å². The summed E-state index contributed by atoms with van der Waals surface area (Å²) in [5.74, 6) is 0.606. The fourth-order valence-corrected chi connectivity index (χ4v) is 3.97. The van der Waals surface area contributed by atoms with Crippen molar-refractivity contribution in [3.63, 3.8) is 0 Å². The van der Waals surface area contributed by atoms with E-state index < -0.39 is 21.8 Å². The van der Waals surface area contributed by atoms with Crippen molar-refractivity contribution in [2.45, 2.75) is 23.9 Å². The number of rotatable bonds is 9. The zero-order valence-corrected chi connectivity index (χ0v) is 17.8. The van der Waals surface area contributed by atoms with E-state index in [0.717, 1.165) is 12.1 Å². The van der Waals surface area contributed by atoms with Crippen molar-refractivity contribution in [3.8, 4) is 5.75 Å². The topological polar surface area (TPSA) is 55.4 Å². The molecule has 4 nitrogen and oxygen atoms in total. The number of nitrogens with one attached hydrogen (secondary N) is 1. The van der Waals surface area contributed by atoms with Crippen molar-refractivity contribution in [1.29, 1.82) is 0 Å². The van der Waals surface area contributed by atoms with Crippen LogP contribution in [-0.4, -0.2) is 15.0 Å². The normalized spacial score (nSPS) is 12.1. The van der Waals surface area contributed by atoms with Gasteiger partial charge in [-0.2, -0.15) is 13.2 Å². The first kappa shape index (κ1) is 23.4. The molecular formula is C24H21F3NO3S. The second-order valence-corrected chi connectivity index (χ2v) is 8.52. The lowest BCUT2D eigenvalue weighted by Gasteiger charge is -2.14. The Morgan fingerprint density at radius 2 is 1.75 bits per heavy atom. The van der Waals surface area contributed by atoms with Gasteiger partial charge in [-0.05, 0) is 54.8 Å². The lowest BCUT2D eigenvalue weighted by Crippen LogP contribution is -2.14. The standard InChI is InChI=1S/C24H21F3NO3S/c25-24(26,27)23-16-15-20(28-32(29,30)22-13-7-2-8-14-22)18-19(23)10-4-3-9-17-31-21-11-5-1-6-12-21/h1-2,4-8,10-11,13-16,18,28H,3,9,17H2/b10-4+. The van der Waals surface area contributed by atoms with Gasteiger partial charge in [-0.1, -0.05) is 48.6 Å². The van der Waals surface area contributed by atoms with Gasteiger partial charge >= 0.3 is 6.18 Å². The van der Waals surface area contributed by atoms with Crippen molar-refractivity contribution in [3.05, 3.63) is 96.1 Å². The van der Waals surface area contributed by atoms with E-state index in [1.807, 2.05) is 12.1 Å². The molecule has 0 spiro atoms. The van der Waals surface area contributed by atoms with Gasteiger partial charge in [0.05, 0.1) is 17.1 Å². The van der Waals surface area contributed by atoms with Gasteiger partial charge in [-0.15, -0.1) is 0 Å². The van der Waals surface area contributed by atoms with Gasteiger partial charge in [0.25, 0.3) is 10.0 Å². The number of hydrogen-bond acceptors (Lipinski definition) is 3. The molecule has 1 N–H and O–H groups in total. The zero-order chi connectivity index (χ0) is 23.0. The number of anilines is 1. The summed E-state index contributed by atoms with van der Waals surface area (Å²) in [7, 11) is -3.91. The van der Waals surface area contributed by atoms with Crippen molar-refractivity contribution in [2.75, 3.05) is 11.3 Å². The molecule has 167 valence electrons. The summed E-state index contributed by atoms with van der Waals surface area (Å²) >= 11 is 0. The largest absolute Gasteiger partial charge is 0.493 e. The summed E-state index contributed by atoms with van der Waals surface area (Å²) < 4.78 is 73.0.